The molecule has 6 nitrogen and oxygen atoms in total. The minimum atomic E-state index is 0.0373. The minimum Gasteiger partial charge on any atom is -0.361 e. The summed E-state index contributed by atoms with van der Waals surface area (Å²) in [6.07, 6.45) is 8.17. The van der Waals surface area contributed by atoms with Crippen molar-refractivity contribution in [2.24, 2.45) is 5.92 Å². The lowest BCUT2D eigenvalue weighted by molar-refractivity contribution is 0.435. The van der Waals surface area contributed by atoms with E-state index in [1.807, 2.05) is 6.07 Å². The summed E-state index contributed by atoms with van der Waals surface area (Å²) in [5.41, 5.74) is 4.13. The van der Waals surface area contributed by atoms with Crippen LogP contribution in [-0.4, -0.2) is 41.3 Å². The second-order valence-corrected chi connectivity index (χ2v) is 12.7. The van der Waals surface area contributed by atoms with Gasteiger partial charge in [-0.25, -0.2) is 0 Å². The van der Waals surface area contributed by atoms with Gasteiger partial charge in [-0.1, -0.05) is 67.8 Å². The highest BCUT2D eigenvalue weighted by Crippen LogP contribution is 2.41. The van der Waals surface area contributed by atoms with Gasteiger partial charge in [-0.2, -0.15) is 9.97 Å². The molecular formula is C32H39ClN6S. The SMILES string of the molecule is C[C@H]1CCCN(c2cc(N3CCc4ccccc4C3)nc(NC(=S)NCC3(c4cccc(Cl)c4)CCCC3)n2)C1. The maximum absolute atomic E-state index is 6.37. The number of benzene rings is 2. The first-order valence-corrected chi connectivity index (χ1v) is 15.5. The molecule has 0 bridgehead atoms. The van der Waals surface area contributed by atoms with Gasteiger partial charge < -0.3 is 20.4 Å². The van der Waals surface area contributed by atoms with Crippen LogP contribution in [0.3, 0.4) is 0 Å². The van der Waals surface area contributed by atoms with Crippen LogP contribution in [0.1, 0.15) is 62.1 Å². The molecule has 2 N–H and O–H groups in total. The van der Waals surface area contributed by atoms with Crippen LogP contribution in [0.2, 0.25) is 5.02 Å². The molecular weight excluding hydrogens is 536 g/mol. The van der Waals surface area contributed by atoms with Crippen LogP contribution in [0, 0.1) is 5.92 Å². The molecule has 2 aromatic carbocycles. The average molecular weight is 575 g/mol. The van der Waals surface area contributed by atoms with E-state index >= 15 is 0 Å². The number of rotatable bonds is 6. The van der Waals surface area contributed by atoms with Crippen molar-refractivity contribution < 1.29 is 0 Å². The normalized spacial score (nSPS) is 20.2. The molecule has 1 aliphatic carbocycles. The van der Waals surface area contributed by atoms with Crippen molar-refractivity contribution in [2.45, 2.75) is 63.8 Å². The second-order valence-electron chi connectivity index (χ2n) is 11.8. The standard InChI is InChI=1S/C32H39ClN6S/c1-23-8-7-16-38(20-23)28-19-29(39-17-13-24-9-2-3-10-25(24)21-39)36-30(35-28)37-31(40)34-22-32(14-4-5-15-32)26-11-6-12-27(33)18-26/h2-3,6,9-12,18-19,23H,4-5,7-8,13-17,20-22H2,1H3,(H2,34,35,36,37,40)/t23-/m0/s1. The number of piperidine rings is 1. The molecule has 2 aliphatic heterocycles. The topological polar surface area (TPSA) is 56.3 Å². The molecule has 1 saturated carbocycles. The van der Waals surface area contributed by atoms with Gasteiger partial charge in [0.2, 0.25) is 5.95 Å². The number of aromatic nitrogens is 2. The highest BCUT2D eigenvalue weighted by Gasteiger charge is 2.36. The Hall–Kier alpha value is -2.90. The number of thiocarbonyl (C=S) groups is 1. The molecule has 0 radical (unpaired) electrons. The van der Waals surface area contributed by atoms with Crippen molar-refractivity contribution in [1.29, 1.82) is 0 Å². The summed E-state index contributed by atoms with van der Waals surface area (Å²) in [5.74, 6) is 3.15. The van der Waals surface area contributed by atoms with Crippen molar-refractivity contribution in [1.82, 2.24) is 15.3 Å². The van der Waals surface area contributed by atoms with E-state index in [1.165, 1.54) is 42.4 Å². The van der Waals surface area contributed by atoms with Crippen LogP contribution in [-0.2, 0) is 18.4 Å². The second kappa shape index (κ2) is 11.9. The Morgan fingerprint density at radius 1 is 0.975 bits per heavy atom. The fourth-order valence-electron chi connectivity index (χ4n) is 6.72. The maximum atomic E-state index is 6.37. The largest absolute Gasteiger partial charge is 0.361 e. The van der Waals surface area contributed by atoms with Crippen LogP contribution in [0.4, 0.5) is 17.6 Å². The predicted octanol–water partition coefficient (Wildman–Crippen LogP) is 6.73. The summed E-state index contributed by atoms with van der Waals surface area (Å²) in [7, 11) is 0. The molecule has 0 unspecified atom stereocenters. The van der Waals surface area contributed by atoms with E-state index in [0.29, 0.717) is 17.0 Å². The highest BCUT2D eigenvalue weighted by molar-refractivity contribution is 7.80. The predicted molar refractivity (Wildman–Crippen MR) is 170 cm³/mol. The van der Waals surface area contributed by atoms with E-state index in [2.05, 4.69) is 75.9 Å². The number of nitrogens with one attached hydrogen (secondary N) is 2. The lowest BCUT2D eigenvalue weighted by Crippen LogP contribution is -2.41. The molecule has 3 heterocycles. The van der Waals surface area contributed by atoms with Gasteiger partial charge in [0.15, 0.2) is 5.11 Å². The quantitative estimate of drug-likeness (QED) is 0.317. The summed E-state index contributed by atoms with van der Waals surface area (Å²) in [6, 6.07) is 19.2. The van der Waals surface area contributed by atoms with Crippen molar-refractivity contribution in [2.75, 3.05) is 41.3 Å². The Bertz CT molecular complexity index is 1360. The van der Waals surface area contributed by atoms with Gasteiger partial charge in [0, 0.05) is 49.2 Å². The van der Waals surface area contributed by atoms with Crippen molar-refractivity contribution in [3.8, 4) is 0 Å². The molecule has 210 valence electrons. The zero-order chi connectivity index (χ0) is 27.5. The molecule has 2 fully saturated rings. The molecule has 8 heteroatoms. The molecule has 1 aromatic heterocycles. The molecule has 1 saturated heterocycles. The number of anilines is 3. The first-order valence-electron chi connectivity index (χ1n) is 14.7. The molecule has 0 spiro atoms. The van der Waals surface area contributed by atoms with Crippen LogP contribution >= 0.6 is 23.8 Å². The van der Waals surface area contributed by atoms with Crippen LogP contribution in [0.25, 0.3) is 0 Å². The highest BCUT2D eigenvalue weighted by atomic mass is 35.5. The minimum absolute atomic E-state index is 0.0373. The summed E-state index contributed by atoms with van der Waals surface area (Å²) in [5, 5.41) is 8.22. The first kappa shape index (κ1) is 27.3. The average Bonchev–Trinajstić information content (AvgIpc) is 3.46. The Morgan fingerprint density at radius 2 is 1.75 bits per heavy atom. The van der Waals surface area contributed by atoms with Gasteiger partial charge in [0.05, 0.1) is 0 Å². The van der Waals surface area contributed by atoms with Gasteiger partial charge in [0.25, 0.3) is 0 Å². The summed E-state index contributed by atoms with van der Waals surface area (Å²) in [6.45, 7) is 6.92. The third-order valence-corrected chi connectivity index (χ3v) is 9.43. The molecule has 3 aliphatic rings. The Balaban J connectivity index is 1.22. The van der Waals surface area contributed by atoms with Gasteiger partial charge in [-0.05, 0) is 79.1 Å². The maximum Gasteiger partial charge on any atom is 0.232 e. The van der Waals surface area contributed by atoms with E-state index in [1.54, 1.807) is 0 Å². The number of hydrogen-bond donors (Lipinski definition) is 2. The Kier molecular flexibility index (Phi) is 8.12. The number of nitrogens with zero attached hydrogens (tertiary/aromatic N) is 4. The van der Waals surface area contributed by atoms with Gasteiger partial charge >= 0.3 is 0 Å². The zero-order valence-electron chi connectivity index (χ0n) is 23.3. The van der Waals surface area contributed by atoms with Gasteiger partial charge in [-0.3, -0.25) is 0 Å². The first-order chi connectivity index (χ1) is 19.5. The lowest BCUT2D eigenvalue weighted by Gasteiger charge is -2.34. The number of hydrogen-bond acceptors (Lipinski definition) is 5. The smallest absolute Gasteiger partial charge is 0.232 e. The fourth-order valence-corrected chi connectivity index (χ4v) is 7.08. The number of fused-ring (bicyclic) bond motifs is 1. The van der Waals surface area contributed by atoms with Crippen LogP contribution in [0.15, 0.2) is 54.6 Å². The lowest BCUT2D eigenvalue weighted by atomic mass is 9.79. The monoisotopic (exact) mass is 574 g/mol. The summed E-state index contributed by atoms with van der Waals surface area (Å²) >= 11 is 12.2. The van der Waals surface area contributed by atoms with E-state index in [-0.39, 0.29) is 5.41 Å². The van der Waals surface area contributed by atoms with Crippen molar-refractivity contribution >= 4 is 46.5 Å². The molecule has 0 amide bonds. The van der Waals surface area contributed by atoms with E-state index in [0.717, 1.165) is 68.6 Å². The Labute approximate surface area is 248 Å². The summed E-state index contributed by atoms with van der Waals surface area (Å²) in [4.78, 5) is 14.7. The van der Waals surface area contributed by atoms with Crippen LogP contribution in [0.5, 0.6) is 0 Å². The van der Waals surface area contributed by atoms with Crippen molar-refractivity contribution in [3.05, 3.63) is 76.3 Å². The van der Waals surface area contributed by atoms with E-state index in [4.69, 9.17) is 33.8 Å². The fraction of sp³-hybridized carbons (Fsp3) is 0.469. The van der Waals surface area contributed by atoms with Crippen LogP contribution < -0.4 is 20.4 Å². The van der Waals surface area contributed by atoms with E-state index in [9.17, 15) is 0 Å². The molecule has 3 aromatic rings. The summed E-state index contributed by atoms with van der Waals surface area (Å²) < 4.78 is 0. The van der Waals surface area contributed by atoms with Gasteiger partial charge in [-0.15, -0.1) is 0 Å². The number of halogens is 1. The van der Waals surface area contributed by atoms with E-state index < -0.39 is 0 Å². The third-order valence-electron chi connectivity index (χ3n) is 8.95. The van der Waals surface area contributed by atoms with Gasteiger partial charge in [0.1, 0.15) is 11.6 Å². The molecule has 1 atom stereocenters. The zero-order valence-corrected chi connectivity index (χ0v) is 24.9. The molecule has 6 rings (SSSR count). The third kappa shape index (κ3) is 6.06. The van der Waals surface area contributed by atoms with Crippen molar-refractivity contribution in [3.63, 3.8) is 0 Å². The Morgan fingerprint density at radius 3 is 2.52 bits per heavy atom. The molecule has 40 heavy (non-hydrogen) atoms.